The highest BCUT2D eigenvalue weighted by Crippen LogP contribution is 2.20. The zero-order valence-electron chi connectivity index (χ0n) is 16.1. The van der Waals surface area contributed by atoms with Crippen LogP contribution in [0.4, 0.5) is 0 Å². The predicted octanol–water partition coefficient (Wildman–Crippen LogP) is 2.75. The Morgan fingerprint density at radius 2 is 1.96 bits per heavy atom. The number of hydrogen-bond donors (Lipinski definition) is 0. The van der Waals surface area contributed by atoms with Crippen LogP contribution in [0.5, 0.6) is 0 Å². The minimum absolute atomic E-state index is 0.0524. The Bertz CT molecular complexity index is 1060. The first kappa shape index (κ1) is 18.8. The van der Waals surface area contributed by atoms with Gasteiger partial charge < -0.3 is 9.32 Å². The zero-order valence-corrected chi connectivity index (χ0v) is 16.9. The van der Waals surface area contributed by atoms with Gasteiger partial charge in [-0.3, -0.25) is 9.69 Å². The lowest BCUT2D eigenvalue weighted by atomic mass is 10.0. The summed E-state index contributed by atoms with van der Waals surface area (Å²) in [6, 6.07) is 7.17. The number of fused-ring (bicyclic) bond motifs is 1. The van der Waals surface area contributed by atoms with Crippen LogP contribution < -0.4 is 5.63 Å². The standard InChI is InChI=1S/C21H23N3O3S/c1-14-3-4-18-16(11-21(26)27-19(18)9-14)10-20(25)24-7-5-23(6-8-24)12-17-13-28-15(2)22-17/h3-4,9,11,13H,5-8,10,12H2,1-2H3. The lowest BCUT2D eigenvalue weighted by Gasteiger charge is -2.34. The highest BCUT2D eigenvalue weighted by molar-refractivity contribution is 7.09. The maximum atomic E-state index is 12.8. The summed E-state index contributed by atoms with van der Waals surface area (Å²) in [5.74, 6) is 0.0524. The van der Waals surface area contributed by atoms with Gasteiger partial charge in [-0.2, -0.15) is 0 Å². The second-order valence-electron chi connectivity index (χ2n) is 7.28. The zero-order chi connectivity index (χ0) is 19.7. The van der Waals surface area contributed by atoms with Gasteiger partial charge in [-0.25, -0.2) is 9.78 Å². The molecule has 1 amide bonds. The summed E-state index contributed by atoms with van der Waals surface area (Å²) >= 11 is 1.67. The summed E-state index contributed by atoms with van der Waals surface area (Å²) in [6.45, 7) is 7.85. The Labute approximate surface area is 167 Å². The van der Waals surface area contributed by atoms with E-state index in [1.165, 1.54) is 6.07 Å². The number of nitrogens with zero attached hydrogens (tertiary/aromatic N) is 3. The molecule has 0 radical (unpaired) electrons. The van der Waals surface area contributed by atoms with E-state index in [9.17, 15) is 9.59 Å². The van der Waals surface area contributed by atoms with Gasteiger partial charge in [0, 0.05) is 49.6 Å². The van der Waals surface area contributed by atoms with Gasteiger partial charge in [-0.05, 0) is 31.0 Å². The van der Waals surface area contributed by atoms with Crippen LogP contribution in [0.3, 0.4) is 0 Å². The number of thiazole rings is 1. The van der Waals surface area contributed by atoms with E-state index in [-0.39, 0.29) is 12.3 Å². The molecule has 1 aliphatic rings. The van der Waals surface area contributed by atoms with Crippen molar-refractivity contribution in [2.75, 3.05) is 26.2 Å². The number of rotatable bonds is 4. The van der Waals surface area contributed by atoms with Gasteiger partial charge in [0.05, 0.1) is 17.1 Å². The van der Waals surface area contributed by atoms with Crippen LogP contribution >= 0.6 is 11.3 Å². The maximum Gasteiger partial charge on any atom is 0.336 e. The number of benzene rings is 1. The van der Waals surface area contributed by atoms with Crippen molar-refractivity contribution in [3.05, 3.63) is 61.9 Å². The van der Waals surface area contributed by atoms with Crippen LogP contribution in [-0.2, 0) is 17.8 Å². The largest absolute Gasteiger partial charge is 0.423 e. The van der Waals surface area contributed by atoms with Crippen molar-refractivity contribution in [2.24, 2.45) is 0 Å². The second-order valence-corrected chi connectivity index (χ2v) is 8.34. The molecule has 0 N–H and O–H groups in total. The van der Waals surface area contributed by atoms with Crippen LogP contribution in [0, 0.1) is 13.8 Å². The predicted molar refractivity (Wildman–Crippen MR) is 110 cm³/mol. The molecule has 1 aliphatic heterocycles. The van der Waals surface area contributed by atoms with E-state index in [1.54, 1.807) is 11.3 Å². The smallest absolute Gasteiger partial charge is 0.336 e. The summed E-state index contributed by atoms with van der Waals surface area (Å²) in [5, 5.41) is 4.01. The molecule has 4 rings (SSSR count). The third-order valence-corrected chi connectivity index (χ3v) is 5.93. The van der Waals surface area contributed by atoms with E-state index < -0.39 is 5.63 Å². The second kappa shape index (κ2) is 7.85. The fourth-order valence-electron chi connectivity index (χ4n) is 3.62. The van der Waals surface area contributed by atoms with Crippen molar-refractivity contribution in [2.45, 2.75) is 26.8 Å². The van der Waals surface area contributed by atoms with Gasteiger partial charge in [0.15, 0.2) is 0 Å². The molecule has 0 spiro atoms. The lowest BCUT2D eigenvalue weighted by Crippen LogP contribution is -2.48. The number of carbonyl (C=O) groups is 1. The van der Waals surface area contributed by atoms with Crippen molar-refractivity contribution in [1.82, 2.24) is 14.8 Å². The van der Waals surface area contributed by atoms with E-state index in [4.69, 9.17) is 4.42 Å². The van der Waals surface area contributed by atoms with Crippen LogP contribution in [0.1, 0.15) is 21.8 Å². The van der Waals surface area contributed by atoms with E-state index in [0.717, 1.165) is 46.8 Å². The van der Waals surface area contributed by atoms with Gasteiger partial charge in [0.25, 0.3) is 0 Å². The van der Waals surface area contributed by atoms with Crippen molar-refractivity contribution >= 4 is 28.2 Å². The summed E-state index contributed by atoms with van der Waals surface area (Å²) in [7, 11) is 0. The number of aromatic nitrogens is 1. The summed E-state index contributed by atoms with van der Waals surface area (Å²) < 4.78 is 5.29. The molecule has 0 atom stereocenters. The normalized spacial score (nSPS) is 15.3. The van der Waals surface area contributed by atoms with Gasteiger partial charge in [0.1, 0.15) is 5.58 Å². The third kappa shape index (κ3) is 4.15. The van der Waals surface area contributed by atoms with Crippen molar-refractivity contribution in [1.29, 1.82) is 0 Å². The molecule has 3 aromatic rings. The SMILES string of the molecule is Cc1ccc2c(CC(=O)N3CCN(Cc4csc(C)n4)CC3)cc(=O)oc2c1. The Morgan fingerprint density at radius 1 is 1.18 bits per heavy atom. The molecule has 2 aromatic heterocycles. The number of piperazine rings is 1. The lowest BCUT2D eigenvalue weighted by molar-refractivity contribution is -0.132. The topological polar surface area (TPSA) is 66.7 Å². The molecular formula is C21H23N3O3S. The molecule has 1 saturated heterocycles. The third-order valence-electron chi connectivity index (χ3n) is 5.10. The first-order chi connectivity index (χ1) is 13.5. The van der Waals surface area contributed by atoms with Crippen LogP contribution in [0.25, 0.3) is 11.0 Å². The first-order valence-electron chi connectivity index (χ1n) is 9.42. The summed E-state index contributed by atoms with van der Waals surface area (Å²) in [5.41, 5.74) is 2.98. The van der Waals surface area contributed by atoms with Gasteiger partial charge >= 0.3 is 5.63 Å². The maximum absolute atomic E-state index is 12.8. The number of hydrogen-bond acceptors (Lipinski definition) is 6. The highest BCUT2D eigenvalue weighted by Gasteiger charge is 2.22. The fourth-order valence-corrected chi connectivity index (χ4v) is 4.23. The molecule has 1 aromatic carbocycles. The average Bonchev–Trinajstić information content (AvgIpc) is 3.06. The monoisotopic (exact) mass is 397 g/mol. The number of amides is 1. The molecular weight excluding hydrogens is 374 g/mol. The van der Waals surface area contributed by atoms with Crippen LogP contribution in [0.2, 0.25) is 0 Å². The summed E-state index contributed by atoms with van der Waals surface area (Å²) in [6.07, 6.45) is 0.219. The fraction of sp³-hybridized carbons (Fsp3) is 0.381. The first-order valence-corrected chi connectivity index (χ1v) is 10.3. The molecule has 3 heterocycles. The van der Waals surface area contributed by atoms with Crippen molar-refractivity contribution in [3.8, 4) is 0 Å². The molecule has 6 nitrogen and oxygen atoms in total. The van der Waals surface area contributed by atoms with Crippen LogP contribution in [-0.4, -0.2) is 46.9 Å². The Hall–Kier alpha value is -2.51. The number of carbonyl (C=O) groups excluding carboxylic acids is 1. The Kier molecular flexibility index (Phi) is 5.28. The molecule has 146 valence electrons. The molecule has 0 bridgehead atoms. The molecule has 0 aliphatic carbocycles. The molecule has 28 heavy (non-hydrogen) atoms. The Morgan fingerprint density at radius 3 is 2.68 bits per heavy atom. The molecule has 1 fully saturated rings. The Balaban J connectivity index is 1.41. The van der Waals surface area contributed by atoms with Gasteiger partial charge in [0.2, 0.25) is 5.91 Å². The molecule has 7 heteroatoms. The van der Waals surface area contributed by atoms with Crippen molar-refractivity contribution < 1.29 is 9.21 Å². The minimum Gasteiger partial charge on any atom is -0.423 e. The highest BCUT2D eigenvalue weighted by atomic mass is 32.1. The average molecular weight is 398 g/mol. The van der Waals surface area contributed by atoms with Crippen molar-refractivity contribution in [3.63, 3.8) is 0 Å². The van der Waals surface area contributed by atoms with E-state index >= 15 is 0 Å². The quantitative estimate of drug-likeness (QED) is 0.634. The summed E-state index contributed by atoms with van der Waals surface area (Å²) in [4.78, 5) is 33.4. The van der Waals surface area contributed by atoms with Gasteiger partial charge in [-0.15, -0.1) is 11.3 Å². The van der Waals surface area contributed by atoms with E-state index in [2.05, 4.69) is 15.3 Å². The minimum atomic E-state index is -0.413. The van der Waals surface area contributed by atoms with E-state index in [1.807, 2.05) is 36.9 Å². The molecule has 0 saturated carbocycles. The number of aryl methyl sites for hydroxylation is 2. The van der Waals surface area contributed by atoms with Gasteiger partial charge in [-0.1, -0.05) is 12.1 Å². The molecule has 0 unspecified atom stereocenters. The van der Waals surface area contributed by atoms with E-state index in [0.29, 0.717) is 18.7 Å². The van der Waals surface area contributed by atoms with Crippen LogP contribution in [0.15, 0.2) is 38.9 Å².